The molecule has 0 N–H and O–H groups in total. The van der Waals surface area contributed by atoms with Crippen LogP contribution in [0.2, 0.25) is 10.0 Å². The van der Waals surface area contributed by atoms with Crippen LogP contribution >= 0.6 is 35.0 Å². The fourth-order valence-corrected chi connectivity index (χ4v) is 4.39. The summed E-state index contributed by atoms with van der Waals surface area (Å²) in [5.74, 6) is -0.600. The number of ether oxygens (including phenoxy) is 1. The predicted octanol–water partition coefficient (Wildman–Crippen LogP) is 6.45. The van der Waals surface area contributed by atoms with Gasteiger partial charge in [-0.25, -0.2) is 4.79 Å². The molecule has 8 heteroatoms. The van der Waals surface area contributed by atoms with E-state index < -0.39 is 17.1 Å². The molecule has 0 bridgehead atoms. The summed E-state index contributed by atoms with van der Waals surface area (Å²) in [6, 6.07) is 20.3. The van der Waals surface area contributed by atoms with Crippen LogP contribution < -0.4 is 4.74 Å². The number of nitrogens with zero attached hydrogens (tertiary/aromatic N) is 1. The first-order chi connectivity index (χ1) is 15.4. The minimum atomic E-state index is -0.486. The van der Waals surface area contributed by atoms with Gasteiger partial charge in [-0.15, -0.1) is 0 Å². The summed E-state index contributed by atoms with van der Waals surface area (Å²) in [5.41, 5.74) is 1.55. The summed E-state index contributed by atoms with van der Waals surface area (Å²) in [4.78, 5) is 38.9. The number of esters is 1. The Kier molecular flexibility index (Phi) is 6.65. The van der Waals surface area contributed by atoms with Crippen LogP contribution in [0.4, 0.5) is 4.79 Å². The standard InChI is InChI=1S/C24H15Cl2NO4S/c25-19-10-5-11-20(26)18(19)14-27-22(28)21(32-24(27)30)13-15-6-4-9-17(12-15)31-23(29)16-7-2-1-3-8-16/h1-13H,14H2/b21-13-. The van der Waals surface area contributed by atoms with Crippen molar-refractivity contribution in [3.8, 4) is 5.75 Å². The Hall–Kier alpha value is -3.06. The molecule has 0 aromatic heterocycles. The number of imide groups is 1. The second kappa shape index (κ2) is 9.61. The van der Waals surface area contributed by atoms with E-state index in [1.807, 2.05) is 6.07 Å². The van der Waals surface area contributed by atoms with E-state index in [-0.39, 0.29) is 11.4 Å². The van der Waals surface area contributed by atoms with Crippen LogP contribution in [0, 0.1) is 0 Å². The van der Waals surface area contributed by atoms with Crippen molar-refractivity contribution in [3.63, 3.8) is 0 Å². The Balaban J connectivity index is 1.52. The van der Waals surface area contributed by atoms with Crippen molar-refractivity contribution in [1.29, 1.82) is 0 Å². The number of halogens is 2. The van der Waals surface area contributed by atoms with Gasteiger partial charge in [-0.1, -0.05) is 59.6 Å². The minimum absolute atomic E-state index is 0.0186. The van der Waals surface area contributed by atoms with Gasteiger partial charge < -0.3 is 4.74 Å². The lowest BCUT2D eigenvalue weighted by atomic mass is 10.2. The van der Waals surface area contributed by atoms with Crippen molar-refractivity contribution in [2.45, 2.75) is 6.54 Å². The normalized spacial score (nSPS) is 14.8. The molecule has 4 rings (SSSR count). The average molecular weight is 484 g/mol. The number of thioether (sulfide) groups is 1. The molecule has 1 aliphatic rings. The summed E-state index contributed by atoms with van der Waals surface area (Å²) in [6.07, 6.45) is 1.58. The molecule has 0 spiro atoms. The monoisotopic (exact) mass is 483 g/mol. The number of hydrogen-bond donors (Lipinski definition) is 0. The zero-order valence-electron chi connectivity index (χ0n) is 16.5. The Morgan fingerprint density at radius 3 is 2.34 bits per heavy atom. The highest BCUT2D eigenvalue weighted by atomic mass is 35.5. The van der Waals surface area contributed by atoms with Crippen LogP contribution in [0.1, 0.15) is 21.5 Å². The third-order valence-electron chi connectivity index (χ3n) is 4.63. The van der Waals surface area contributed by atoms with Crippen LogP contribution in [0.25, 0.3) is 6.08 Å². The molecule has 2 amide bonds. The third kappa shape index (κ3) is 4.88. The lowest BCUT2D eigenvalue weighted by molar-refractivity contribution is -0.123. The fraction of sp³-hybridized carbons (Fsp3) is 0.0417. The van der Waals surface area contributed by atoms with Crippen LogP contribution in [-0.4, -0.2) is 22.0 Å². The van der Waals surface area contributed by atoms with Gasteiger partial charge in [-0.05, 0) is 59.8 Å². The zero-order valence-corrected chi connectivity index (χ0v) is 18.8. The Labute approximate surface area is 198 Å². The van der Waals surface area contributed by atoms with E-state index in [9.17, 15) is 14.4 Å². The molecular formula is C24H15Cl2NO4S. The van der Waals surface area contributed by atoms with Crippen molar-refractivity contribution < 1.29 is 19.1 Å². The maximum absolute atomic E-state index is 12.8. The van der Waals surface area contributed by atoms with Crippen molar-refractivity contribution in [1.82, 2.24) is 4.90 Å². The maximum atomic E-state index is 12.8. The molecule has 1 aliphatic heterocycles. The molecule has 0 radical (unpaired) electrons. The lowest BCUT2D eigenvalue weighted by Gasteiger charge is -2.14. The van der Waals surface area contributed by atoms with Crippen LogP contribution in [0.15, 0.2) is 77.7 Å². The summed E-state index contributed by atoms with van der Waals surface area (Å²) in [6.45, 7) is -0.0186. The molecule has 3 aromatic carbocycles. The smallest absolute Gasteiger partial charge is 0.343 e. The molecule has 0 aliphatic carbocycles. The van der Waals surface area contributed by atoms with Gasteiger partial charge >= 0.3 is 5.97 Å². The first-order valence-corrected chi connectivity index (χ1v) is 11.0. The summed E-state index contributed by atoms with van der Waals surface area (Å²) >= 11 is 13.2. The Morgan fingerprint density at radius 1 is 0.938 bits per heavy atom. The van der Waals surface area contributed by atoms with Gasteiger partial charge in [0.1, 0.15) is 5.75 Å². The number of benzene rings is 3. The van der Waals surface area contributed by atoms with Gasteiger partial charge in [0.2, 0.25) is 0 Å². The molecular weight excluding hydrogens is 469 g/mol. The van der Waals surface area contributed by atoms with E-state index in [0.717, 1.165) is 16.7 Å². The molecule has 5 nitrogen and oxygen atoms in total. The van der Waals surface area contributed by atoms with E-state index in [2.05, 4.69) is 0 Å². The summed E-state index contributed by atoms with van der Waals surface area (Å²) in [7, 11) is 0. The van der Waals surface area contributed by atoms with Crippen molar-refractivity contribution in [3.05, 3.63) is 104 Å². The SMILES string of the molecule is O=C(Oc1cccc(/C=C2\SC(=O)N(Cc3c(Cl)cccc3Cl)C2=O)c1)c1ccccc1. The van der Waals surface area contributed by atoms with Gasteiger partial charge in [-0.2, -0.15) is 0 Å². The molecule has 160 valence electrons. The fourth-order valence-electron chi connectivity index (χ4n) is 3.04. The van der Waals surface area contributed by atoms with Crippen LogP contribution in [0.5, 0.6) is 5.75 Å². The highest BCUT2D eigenvalue weighted by Crippen LogP contribution is 2.35. The molecule has 3 aromatic rings. The van der Waals surface area contributed by atoms with Gasteiger partial charge in [0.05, 0.1) is 17.0 Å². The first-order valence-electron chi connectivity index (χ1n) is 9.48. The molecule has 32 heavy (non-hydrogen) atoms. The van der Waals surface area contributed by atoms with Gasteiger partial charge in [0.15, 0.2) is 0 Å². The van der Waals surface area contributed by atoms with Crippen molar-refractivity contribution in [2.24, 2.45) is 0 Å². The third-order valence-corrected chi connectivity index (χ3v) is 6.24. The first kappa shape index (κ1) is 22.1. The van der Waals surface area contributed by atoms with Crippen molar-refractivity contribution >= 4 is 58.2 Å². The Morgan fingerprint density at radius 2 is 1.62 bits per heavy atom. The number of hydrogen-bond acceptors (Lipinski definition) is 5. The highest BCUT2D eigenvalue weighted by Gasteiger charge is 2.35. The Bertz CT molecular complexity index is 1220. The van der Waals surface area contributed by atoms with E-state index in [1.165, 1.54) is 0 Å². The van der Waals surface area contributed by atoms with Gasteiger partial charge in [-0.3, -0.25) is 14.5 Å². The largest absolute Gasteiger partial charge is 0.423 e. The zero-order chi connectivity index (χ0) is 22.7. The molecule has 0 unspecified atom stereocenters. The highest BCUT2D eigenvalue weighted by molar-refractivity contribution is 8.18. The quantitative estimate of drug-likeness (QED) is 0.237. The second-order valence-electron chi connectivity index (χ2n) is 6.80. The van der Waals surface area contributed by atoms with E-state index in [4.69, 9.17) is 27.9 Å². The van der Waals surface area contributed by atoms with Crippen LogP contribution in [-0.2, 0) is 11.3 Å². The van der Waals surface area contributed by atoms with E-state index >= 15 is 0 Å². The number of rotatable bonds is 5. The molecule has 0 atom stereocenters. The van der Waals surface area contributed by atoms with Gasteiger partial charge in [0, 0.05) is 15.6 Å². The summed E-state index contributed by atoms with van der Waals surface area (Å²) in [5, 5.41) is 0.353. The number of carbonyl (C=O) groups excluding carboxylic acids is 3. The predicted molar refractivity (Wildman–Crippen MR) is 126 cm³/mol. The second-order valence-corrected chi connectivity index (χ2v) is 8.60. The molecule has 1 saturated heterocycles. The van der Waals surface area contributed by atoms with Gasteiger partial charge in [0.25, 0.3) is 11.1 Å². The molecule has 1 heterocycles. The maximum Gasteiger partial charge on any atom is 0.343 e. The van der Waals surface area contributed by atoms with Crippen LogP contribution in [0.3, 0.4) is 0 Å². The van der Waals surface area contributed by atoms with E-state index in [0.29, 0.717) is 32.5 Å². The molecule has 1 fully saturated rings. The van der Waals surface area contributed by atoms with Crippen molar-refractivity contribution in [2.75, 3.05) is 0 Å². The topological polar surface area (TPSA) is 63.7 Å². The minimum Gasteiger partial charge on any atom is -0.423 e. The number of amides is 2. The molecule has 0 saturated carbocycles. The summed E-state index contributed by atoms with van der Waals surface area (Å²) < 4.78 is 5.41. The lowest BCUT2D eigenvalue weighted by Crippen LogP contribution is -2.27. The van der Waals surface area contributed by atoms with E-state index in [1.54, 1.807) is 72.8 Å². The number of carbonyl (C=O) groups is 3. The average Bonchev–Trinajstić information content (AvgIpc) is 3.04.